The van der Waals surface area contributed by atoms with Gasteiger partial charge in [0.15, 0.2) is 16.7 Å². The zero-order valence-corrected chi connectivity index (χ0v) is 19.1. The average Bonchev–Trinajstić information content (AvgIpc) is 3.35. The molecule has 7 unspecified atom stereocenters. The van der Waals surface area contributed by atoms with Crippen LogP contribution >= 0.6 is 0 Å². The van der Waals surface area contributed by atoms with E-state index in [0.29, 0.717) is 32.1 Å². The van der Waals surface area contributed by atoms with Crippen LogP contribution in [0, 0.1) is 40.4 Å². The molecule has 12 heteroatoms. The number of alkyl halides is 2. The number of rotatable bonds is 6. The second-order valence-electron chi connectivity index (χ2n) is 11.5. The summed E-state index contributed by atoms with van der Waals surface area (Å²) in [4.78, 5) is 38.5. The highest BCUT2D eigenvalue weighted by molar-refractivity contribution is 7.86. The van der Waals surface area contributed by atoms with Crippen molar-refractivity contribution in [1.29, 1.82) is 0 Å². The first-order chi connectivity index (χ1) is 15.8. The molecule has 0 aromatic heterocycles. The summed E-state index contributed by atoms with van der Waals surface area (Å²) in [5, 5.41) is -4.72. The Balaban J connectivity index is 1.20. The minimum absolute atomic E-state index is 0.0128. The van der Waals surface area contributed by atoms with E-state index < -0.39 is 57.0 Å². The number of ether oxygens (including phenoxy) is 3. The second kappa shape index (κ2) is 6.89. The molecule has 9 nitrogen and oxygen atoms in total. The summed E-state index contributed by atoms with van der Waals surface area (Å²) in [7, 11) is -5.98. The number of carbonyl (C=O) groups is 3. The summed E-state index contributed by atoms with van der Waals surface area (Å²) in [6.45, 7) is -1.84. The minimum Gasteiger partial charge on any atom is -0.743 e. The van der Waals surface area contributed by atoms with Gasteiger partial charge in [0.05, 0.1) is 16.7 Å². The van der Waals surface area contributed by atoms with Crippen molar-refractivity contribution >= 4 is 28.0 Å². The molecule has 0 radical (unpaired) electrons. The van der Waals surface area contributed by atoms with E-state index in [1.807, 2.05) is 0 Å². The maximum absolute atomic E-state index is 13.6. The summed E-state index contributed by atoms with van der Waals surface area (Å²) in [6, 6.07) is 0. The highest BCUT2D eigenvalue weighted by atomic mass is 32.2. The molecule has 7 aliphatic rings. The van der Waals surface area contributed by atoms with Gasteiger partial charge in [-0.1, -0.05) is 0 Å². The van der Waals surface area contributed by atoms with Crippen LogP contribution in [0.4, 0.5) is 8.78 Å². The molecule has 6 aliphatic carbocycles. The van der Waals surface area contributed by atoms with Crippen LogP contribution in [-0.2, 0) is 38.7 Å². The molecule has 7 atom stereocenters. The molecule has 0 spiro atoms. The van der Waals surface area contributed by atoms with E-state index >= 15 is 0 Å². The largest absolute Gasteiger partial charge is 0.743 e. The molecule has 1 heterocycles. The zero-order valence-electron chi connectivity index (χ0n) is 18.2. The molecular formula is C22H25F2O9S-. The van der Waals surface area contributed by atoms with Crippen molar-refractivity contribution in [3.8, 4) is 0 Å². The number of esters is 3. The maximum Gasteiger partial charge on any atom is 0.367 e. The van der Waals surface area contributed by atoms with Gasteiger partial charge in [0, 0.05) is 11.8 Å². The van der Waals surface area contributed by atoms with Gasteiger partial charge in [-0.25, -0.2) is 8.42 Å². The Labute approximate surface area is 194 Å². The van der Waals surface area contributed by atoms with Crippen molar-refractivity contribution in [2.75, 3.05) is 6.61 Å². The van der Waals surface area contributed by atoms with E-state index in [-0.39, 0.29) is 42.0 Å². The Hall–Kier alpha value is -1.82. The number of hydrogen-bond donors (Lipinski definition) is 0. The Morgan fingerprint density at radius 2 is 1.68 bits per heavy atom. The molecule has 1 aliphatic heterocycles. The van der Waals surface area contributed by atoms with Crippen LogP contribution in [0.2, 0.25) is 0 Å². The number of carbonyl (C=O) groups excluding carboxylic acids is 3. The third-order valence-electron chi connectivity index (χ3n) is 9.32. The molecule has 1 saturated heterocycles. The Morgan fingerprint density at radius 3 is 2.29 bits per heavy atom. The molecule has 0 N–H and O–H groups in total. The zero-order chi connectivity index (χ0) is 24.3. The molecule has 188 valence electrons. The van der Waals surface area contributed by atoms with E-state index in [2.05, 4.69) is 0 Å². The summed E-state index contributed by atoms with van der Waals surface area (Å²) in [6.07, 6.45) is 3.16. The molecule has 7 rings (SSSR count). The molecule has 0 aromatic rings. The third kappa shape index (κ3) is 3.09. The lowest BCUT2D eigenvalue weighted by Gasteiger charge is -2.59. The maximum atomic E-state index is 13.6. The summed E-state index contributed by atoms with van der Waals surface area (Å²) < 4.78 is 75.6. The Bertz CT molecular complexity index is 1060. The highest BCUT2D eigenvalue weighted by Gasteiger charge is 2.67. The van der Waals surface area contributed by atoms with E-state index in [9.17, 15) is 36.1 Å². The van der Waals surface area contributed by atoms with E-state index in [1.165, 1.54) is 0 Å². The van der Waals surface area contributed by atoms with Crippen LogP contribution in [0.5, 0.6) is 0 Å². The van der Waals surface area contributed by atoms with Crippen molar-refractivity contribution in [3.05, 3.63) is 0 Å². The summed E-state index contributed by atoms with van der Waals surface area (Å²) in [5.41, 5.74) is -2.15. The van der Waals surface area contributed by atoms with Gasteiger partial charge in [-0.15, -0.1) is 0 Å². The highest BCUT2D eigenvalue weighted by Crippen LogP contribution is 2.66. The smallest absolute Gasteiger partial charge is 0.367 e. The van der Waals surface area contributed by atoms with E-state index in [4.69, 9.17) is 14.2 Å². The third-order valence-corrected chi connectivity index (χ3v) is 10.2. The van der Waals surface area contributed by atoms with Crippen LogP contribution < -0.4 is 0 Å². The topological polar surface area (TPSA) is 136 Å². The lowest BCUT2D eigenvalue weighted by Crippen LogP contribution is -2.59. The SMILES string of the molecule is O=C1OC2C3CC(CC13)C2OC(=O)C12CC3CC(CC(C(=O)OCC(F)(F)S(=O)(=O)[O-])(C3)C1)C2. The molecule has 0 aromatic carbocycles. The predicted octanol–water partition coefficient (Wildman–Crippen LogP) is 1.75. The van der Waals surface area contributed by atoms with Crippen LogP contribution in [-0.4, -0.2) is 54.9 Å². The fourth-order valence-electron chi connectivity index (χ4n) is 8.43. The van der Waals surface area contributed by atoms with Gasteiger partial charge in [0.2, 0.25) is 0 Å². The van der Waals surface area contributed by atoms with Crippen molar-refractivity contribution in [1.82, 2.24) is 0 Å². The van der Waals surface area contributed by atoms with E-state index in [1.54, 1.807) is 0 Å². The van der Waals surface area contributed by atoms with Crippen molar-refractivity contribution in [3.63, 3.8) is 0 Å². The first-order valence-electron chi connectivity index (χ1n) is 11.7. The van der Waals surface area contributed by atoms with Crippen molar-refractivity contribution in [2.24, 2.45) is 40.4 Å². The normalized spacial score (nSPS) is 46.0. The van der Waals surface area contributed by atoms with Crippen molar-refractivity contribution < 1.29 is 50.3 Å². The van der Waals surface area contributed by atoms with Gasteiger partial charge in [0.1, 0.15) is 12.2 Å². The fourth-order valence-corrected chi connectivity index (χ4v) is 8.63. The molecule has 6 bridgehead atoms. The van der Waals surface area contributed by atoms with Crippen molar-refractivity contribution in [2.45, 2.75) is 68.8 Å². The summed E-state index contributed by atoms with van der Waals surface area (Å²) in [5.74, 6) is -1.61. The van der Waals surface area contributed by atoms with E-state index in [0.717, 1.165) is 12.8 Å². The number of hydrogen-bond acceptors (Lipinski definition) is 9. The number of fused-ring (bicyclic) bond motifs is 1. The van der Waals surface area contributed by atoms with Crippen LogP contribution in [0.25, 0.3) is 0 Å². The predicted molar refractivity (Wildman–Crippen MR) is 105 cm³/mol. The molecule has 7 fully saturated rings. The van der Waals surface area contributed by atoms with Gasteiger partial charge in [0.25, 0.3) is 0 Å². The van der Waals surface area contributed by atoms with Crippen LogP contribution in [0.1, 0.15) is 51.4 Å². The fraction of sp³-hybridized carbons (Fsp3) is 0.864. The second-order valence-corrected chi connectivity index (χ2v) is 13.0. The minimum atomic E-state index is -5.98. The quantitative estimate of drug-likeness (QED) is 0.302. The van der Waals surface area contributed by atoms with Gasteiger partial charge >= 0.3 is 23.2 Å². The first-order valence-corrected chi connectivity index (χ1v) is 13.2. The van der Waals surface area contributed by atoms with Gasteiger partial charge in [-0.05, 0) is 63.2 Å². The summed E-state index contributed by atoms with van der Waals surface area (Å²) >= 11 is 0. The monoisotopic (exact) mass is 503 g/mol. The molecule has 0 amide bonds. The molecule has 34 heavy (non-hydrogen) atoms. The number of halogens is 2. The molecule has 6 saturated carbocycles. The van der Waals surface area contributed by atoms with Crippen LogP contribution in [0.15, 0.2) is 0 Å². The standard InChI is InChI=1S/C22H26F2O9S/c23-22(24,34(28,29)30)9-31-18(26)20-4-10-1-11(5-20)7-21(6-10,8-20)19(27)33-15-12-2-13-14(3-12)17(25)32-16(13)15/h10-16H,1-9H2,(H,28,29,30)/p-1. The molecular weight excluding hydrogens is 478 g/mol. The lowest BCUT2D eigenvalue weighted by molar-refractivity contribution is -0.203. The first kappa shape index (κ1) is 22.6. The lowest BCUT2D eigenvalue weighted by atomic mass is 9.44. The average molecular weight is 503 g/mol. The van der Waals surface area contributed by atoms with Gasteiger partial charge in [-0.2, -0.15) is 8.78 Å². The Morgan fingerprint density at radius 1 is 1.06 bits per heavy atom. The Kier molecular flexibility index (Phi) is 4.59. The van der Waals surface area contributed by atoms with Gasteiger partial charge in [-0.3, -0.25) is 14.4 Å². The van der Waals surface area contributed by atoms with Crippen LogP contribution in [0.3, 0.4) is 0 Å². The van der Waals surface area contributed by atoms with Gasteiger partial charge < -0.3 is 18.8 Å².